The van der Waals surface area contributed by atoms with Gasteiger partial charge in [0.2, 0.25) is 5.78 Å². The number of carbonyl (C=O) groups excluding carboxylic acids is 2. The minimum atomic E-state index is -0.454. The van der Waals surface area contributed by atoms with Crippen LogP contribution >= 0.6 is 11.3 Å². The predicted octanol–water partition coefficient (Wildman–Crippen LogP) is 2.51. The minimum absolute atomic E-state index is 0.147. The highest BCUT2D eigenvalue weighted by atomic mass is 32.1. The van der Waals surface area contributed by atoms with Crippen LogP contribution in [0.5, 0.6) is 0 Å². The van der Waals surface area contributed by atoms with Crippen molar-refractivity contribution in [2.24, 2.45) is 0 Å². The first kappa shape index (κ1) is 10.8. The van der Waals surface area contributed by atoms with E-state index >= 15 is 0 Å². The summed E-state index contributed by atoms with van der Waals surface area (Å²) < 4.78 is 0. The number of hydrogen-bond donors (Lipinski definition) is 1. The summed E-state index contributed by atoms with van der Waals surface area (Å²) in [6.07, 6.45) is 0. The highest BCUT2D eigenvalue weighted by molar-refractivity contribution is 7.11. The Morgan fingerprint density at radius 2 is 2.12 bits per heavy atom. The predicted molar refractivity (Wildman–Crippen MR) is 62.3 cm³/mol. The van der Waals surface area contributed by atoms with Gasteiger partial charge in [0.25, 0.3) is 0 Å². The first-order chi connectivity index (χ1) is 7.54. The van der Waals surface area contributed by atoms with Crippen LogP contribution in [0.1, 0.15) is 18.7 Å². The third kappa shape index (κ3) is 1.42. The number of aliphatic hydroxyl groups is 1. The first-order valence-corrected chi connectivity index (χ1v) is 5.66. The van der Waals surface area contributed by atoms with Gasteiger partial charge in [-0.3, -0.25) is 9.59 Å². The lowest BCUT2D eigenvalue weighted by Gasteiger charge is -1.99. The van der Waals surface area contributed by atoms with E-state index in [9.17, 15) is 14.7 Å². The highest BCUT2D eigenvalue weighted by Gasteiger charge is 2.33. The number of ketones is 2. The van der Waals surface area contributed by atoms with Crippen molar-refractivity contribution in [2.75, 3.05) is 0 Å². The summed E-state index contributed by atoms with van der Waals surface area (Å²) in [6, 6.07) is 3.63. The average Bonchev–Trinajstić information content (AvgIpc) is 2.76. The standard InChI is InChI=1S/C12H10O3S/c1-6-9(7(2)13)11(14)12(15)10(6)8-4-3-5-16-8/h3-5H,1-2H3,(H,14,15). The van der Waals surface area contributed by atoms with Crippen LogP contribution in [-0.4, -0.2) is 16.7 Å². The molecule has 1 aromatic heterocycles. The van der Waals surface area contributed by atoms with Crippen LogP contribution in [0.25, 0.3) is 5.57 Å². The van der Waals surface area contributed by atoms with Gasteiger partial charge in [0.1, 0.15) is 0 Å². The van der Waals surface area contributed by atoms with Gasteiger partial charge in [-0.05, 0) is 30.9 Å². The molecule has 0 aromatic carbocycles. The van der Waals surface area contributed by atoms with Crippen LogP contribution < -0.4 is 0 Å². The molecule has 2 rings (SSSR count). The molecule has 0 spiro atoms. The topological polar surface area (TPSA) is 54.4 Å². The molecule has 0 fully saturated rings. The third-order valence-electron chi connectivity index (χ3n) is 2.55. The smallest absolute Gasteiger partial charge is 0.229 e. The minimum Gasteiger partial charge on any atom is -0.504 e. The Balaban J connectivity index is 2.60. The van der Waals surface area contributed by atoms with Gasteiger partial charge in [-0.2, -0.15) is 0 Å². The molecular weight excluding hydrogens is 224 g/mol. The highest BCUT2D eigenvalue weighted by Crippen LogP contribution is 2.36. The van der Waals surface area contributed by atoms with E-state index in [4.69, 9.17) is 0 Å². The SMILES string of the molecule is CC(=O)C1=C(O)C(=O)C(c2cccs2)=C1C. The van der Waals surface area contributed by atoms with Crippen molar-refractivity contribution >= 4 is 28.5 Å². The summed E-state index contributed by atoms with van der Waals surface area (Å²) in [7, 11) is 0. The molecule has 0 amide bonds. The number of hydrogen-bond acceptors (Lipinski definition) is 4. The lowest BCUT2D eigenvalue weighted by atomic mass is 10.0. The molecule has 0 saturated heterocycles. The van der Waals surface area contributed by atoms with E-state index in [0.29, 0.717) is 11.1 Å². The summed E-state index contributed by atoms with van der Waals surface area (Å²) in [6.45, 7) is 3.03. The third-order valence-corrected chi connectivity index (χ3v) is 3.44. The number of thiophene rings is 1. The monoisotopic (exact) mass is 234 g/mol. The summed E-state index contributed by atoms with van der Waals surface area (Å²) in [4.78, 5) is 23.9. The quantitative estimate of drug-likeness (QED) is 0.855. The van der Waals surface area contributed by atoms with Gasteiger partial charge in [-0.1, -0.05) is 6.07 Å². The van der Waals surface area contributed by atoms with E-state index in [1.165, 1.54) is 18.3 Å². The number of rotatable bonds is 2. The fourth-order valence-corrected chi connectivity index (χ4v) is 2.68. The van der Waals surface area contributed by atoms with Crippen molar-refractivity contribution in [1.82, 2.24) is 0 Å². The van der Waals surface area contributed by atoms with Crippen LogP contribution in [-0.2, 0) is 9.59 Å². The Hall–Kier alpha value is -1.68. The van der Waals surface area contributed by atoms with Gasteiger partial charge in [-0.15, -0.1) is 11.3 Å². The van der Waals surface area contributed by atoms with Crippen LogP contribution in [0.2, 0.25) is 0 Å². The molecule has 0 bridgehead atoms. The summed E-state index contributed by atoms with van der Waals surface area (Å²) in [5, 5.41) is 11.5. The van der Waals surface area contributed by atoms with Crippen molar-refractivity contribution in [2.45, 2.75) is 13.8 Å². The average molecular weight is 234 g/mol. The van der Waals surface area contributed by atoms with Gasteiger partial charge in [0.05, 0.1) is 5.57 Å². The Kier molecular flexibility index (Phi) is 2.52. The van der Waals surface area contributed by atoms with Gasteiger partial charge in [0, 0.05) is 10.5 Å². The maximum atomic E-state index is 11.8. The molecule has 1 aromatic rings. The molecule has 0 saturated carbocycles. The fourth-order valence-electron chi connectivity index (χ4n) is 1.85. The normalized spacial score (nSPS) is 16.2. The molecule has 0 unspecified atom stereocenters. The second-order valence-corrected chi connectivity index (χ2v) is 4.53. The van der Waals surface area contributed by atoms with E-state index in [0.717, 1.165) is 4.88 Å². The van der Waals surface area contributed by atoms with Crippen LogP contribution in [0.3, 0.4) is 0 Å². The molecule has 0 atom stereocenters. The van der Waals surface area contributed by atoms with Crippen molar-refractivity contribution in [3.63, 3.8) is 0 Å². The molecule has 16 heavy (non-hydrogen) atoms. The molecule has 1 aliphatic rings. The van der Waals surface area contributed by atoms with Gasteiger partial charge in [0.15, 0.2) is 11.5 Å². The van der Waals surface area contributed by atoms with Gasteiger partial charge >= 0.3 is 0 Å². The largest absolute Gasteiger partial charge is 0.504 e. The van der Waals surface area contributed by atoms with Crippen molar-refractivity contribution < 1.29 is 14.7 Å². The molecule has 1 N–H and O–H groups in total. The Morgan fingerprint density at radius 3 is 2.56 bits per heavy atom. The summed E-state index contributed by atoms with van der Waals surface area (Å²) in [5.41, 5.74) is 1.16. The zero-order valence-corrected chi connectivity index (χ0v) is 9.72. The number of allylic oxidation sites excluding steroid dienone is 3. The van der Waals surface area contributed by atoms with E-state index in [1.807, 2.05) is 11.4 Å². The van der Waals surface area contributed by atoms with Crippen molar-refractivity contribution in [1.29, 1.82) is 0 Å². The van der Waals surface area contributed by atoms with E-state index in [2.05, 4.69) is 0 Å². The molecule has 4 heteroatoms. The Morgan fingerprint density at radius 1 is 1.44 bits per heavy atom. The molecule has 0 aliphatic heterocycles. The number of carbonyl (C=O) groups is 2. The van der Waals surface area contributed by atoms with Crippen LogP contribution in [0, 0.1) is 0 Å². The second kappa shape index (κ2) is 3.72. The second-order valence-electron chi connectivity index (χ2n) is 3.59. The van der Waals surface area contributed by atoms with Crippen LogP contribution in [0.15, 0.2) is 34.4 Å². The zero-order chi connectivity index (χ0) is 11.9. The Labute approximate surface area is 96.7 Å². The zero-order valence-electron chi connectivity index (χ0n) is 8.90. The van der Waals surface area contributed by atoms with E-state index in [-0.39, 0.29) is 11.4 Å². The molecular formula is C12H10O3S. The number of Topliss-reactive ketones (excluding diaryl/α,β-unsaturated/α-hetero) is 2. The molecule has 1 aliphatic carbocycles. The van der Waals surface area contributed by atoms with E-state index < -0.39 is 11.5 Å². The van der Waals surface area contributed by atoms with E-state index in [1.54, 1.807) is 13.0 Å². The lowest BCUT2D eigenvalue weighted by Crippen LogP contribution is -2.02. The summed E-state index contributed by atoms with van der Waals surface area (Å²) in [5.74, 6) is -1.16. The fraction of sp³-hybridized carbons (Fsp3) is 0.167. The summed E-state index contributed by atoms with van der Waals surface area (Å²) >= 11 is 1.42. The van der Waals surface area contributed by atoms with Crippen molar-refractivity contribution in [3.8, 4) is 0 Å². The van der Waals surface area contributed by atoms with Crippen LogP contribution in [0.4, 0.5) is 0 Å². The number of aliphatic hydroxyl groups excluding tert-OH is 1. The molecule has 3 nitrogen and oxygen atoms in total. The van der Waals surface area contributed by atoms with Gasteiger partial charge < -0.3 is 5.11 Å². The maximum absolute atomic E-state index is 11.8. The first-order valence-electron chi connectivity index (χ1n) is 4.78. The van der Waals surface area contributed by atoms with Crippen molar-refractivity contribution in [3.05, 3.63) is 39.3 Å². The molecule has 82 valence electrons. The maximum Gasteiger partial charge on any atom is 0.229 e. The van der Waals surface area contributed by atoms with Gasteiger partial charge in [-0.25, -0.2) is 0 Å². The Bertz CT molecular complexity index is 533. The molecule has 0 radical (unpaired) electrons. The molecule has 1 heterocycles. The lowest BCUT2D eigenvalue weighted by molar-refractivity contribution is -0.115.